The van der Waals surface area contributed by atoms with Crippen molar-refractivity contribution in [2.45, 2.75) is 12.5 Å². The Hall–Kier alpha value is -0.368. The van der Waals surface area contributed by atoms with Gasteiger partial charge in [0.25, 0.3) is 5.97 Å². The van der Waals surface area contributed by atoms with Crippen molar-refractivity contribution in [3.63, 3.8) is 0 Å². The summed E-state index contributed by atoms with van der Waals surface area (Å²) in [5.41, 5.74) is 8.39. The van der Waals surface area contributed by atoms with E-state index in [9.17, 15) is 4.79 Å². The van der Waals surface area contributed by atoms with Crippen molar-refractivity contribution < 1.29 is 58.7 Å². The molecule has 17 heavy (non-hydrogen) atoms. The van der Waals surface area contributed by atoms with Crippen molar-refractivity contribution in [3.8, 4) is 5.75 Å². The molecule has 0 aliphatic carbocycles. The predicted octanol–water partition coefficient (Wildman–Crippen LogP) is 2.08. The van der Waals surface area contributed by atoms with Crippen LogP contribution < -0.4 is 0 Å². The molecule has 2 N–H and O–H groups in total. The summed E-state index contributed by atoms with van der Waals surface area (Å²) in [6, 6.07) is 5.47. The van der Waals surface area contributed by atoms with E-state index in [0.29, 0.717) is 0 Å². The fourth-order valence-electron chi connectivity index (χ4n) is 1.19. The fraction of sp³-hybridized carbons (Fsp3) is 0.250. The van der Waals surface area contributed by atoms with Gasteiger partial charge in [-0.15, -0.1) is 0 Å². The first kappa shape index (κ1) is 16.6. The van der Waals surface area contributed by atoms with Crippen LogP contribution in [-0.2, 0) is 16.0 Å². The van der Waals surface area contributed by atoms with Gasteiger partial charge in [-0.25, -0.2) is 0 Å². The zero-order valence-electron chi connectivity index (χ0n) is 9.43. The summed E-state index contributed by atoms with van der Waals surface area (Å²) in [7, 11) is 0. The summed E-state index contributed by atoms with van der Waals surface area (Å²) in [4.78, 5) is 11.3. The number of carbonyl (C=O) groups is 1. The largest absolute Gasteiger partial charge is 0.665 e. The number of phenols is 1. The Morgan fingerprint density at radius 2 is 2.06 bits per heavy atom. The maximum Gasteiger partial charge on any atom is 0.288 e. The molecule has 0 saturated carbocycles. The summed E-state index contributed by atoms with van der Waals surface area (Å²) in [5, 5.41) is 9.07. The summed E-state index contributed by atoms with van der Waals surface area (Å²) < 4.78 is 4.76. The number of ether oxygens (including phenoxy) is 1. The van der Waals surface area contributed by atoms with Crippen LogP contribution in [0.5, 0.6) is 5.75 Å². The zero-order chi connectivity index (χ0) is 12.0. The Balaban J connectivity index is 0.00000256. The molecule has 0 aliphatic heterocycles. The van der Waals surface area contributed by atoms with Gasteiger partial charge >= 0.3 is 0 Å². The van der Waals surface area contributed by atoms with Gasteiger partial charge in [-0.1, -0.05) is 24.8 Å². The van der Waals surface area contributed by atoms with Gasteiger partial charge in [0.1, 0.15) is 12.4 Å². The Morgan fingerprint density at radius 1 is 1.47 bits per heavy atom. The molecule has 5 heteroatoms. The molecule has 0 spiro atoms. The van der Waals surface area contributed by atoms with Gasteiger partial charge in [0.05, 0.1) is 0 Å². The number of nitrogens with one attached hydrogen (secondary N) is 1. The Morgan fingerprint density at radius 3 is 2.59 bits per heavy atom. The Bertz CT molecular complexity index is 365. The third-order valence-electron chi connectivity index (χ3n) is 2.00. The van der Waals surface area contributed by atoms with E-state index < -0.39 is 12.0 Å². The van der Waals surface area contributed by atoms with Gasteiger partial charge in [-0.2, -0.15) is 0 Å². The first-order valence-corrected chi connectivity index (χ1v) is 4.90. The third kappa shape index (κ3) is 6.21. The number of phenolic OH excluding ortho intramolecular Hbond substituents is 1. The number of rotatable bonds is 5. The number of hydrogen-bond donors (Lipinski definition) is 1. The minimum atomic E-state index is -0.940. The average molecular weight is 447 g/mol. The number of benzene rings is 1. The van der Waals surface area contributed by atoms with Gasteiger partial charge in [-0.05, 0) is 30.2 Å². The predicted molar refractivity (Wildman–Crippen MR) is 61.1 cm³/mol. The second-order valence-corrected chi connectivity index (χ2v) is 3.34. The molecule has 1 aromatic rings. The first-order chi connectivity index (χ1) is 7.63. The molecule has 89 valence electrons. The summed E-state index contributed by atoms with van der Waals surface area (Å²) in [6.07, 6.45) is 1.74. The topological polar surface area (TPSA) is 70.3 Å². The first-order valence-electron chi connectivity index (χ1n) is 4.90. The van der Waals surface area contributed by atoms with Gasteiger partial charge in [0.2, 0.25) is 0 Å². The zero-order valence-corrected chi connectivity index (χ0v) is 14.2. The Labute approximate surface area is 136 Å². The van der Waals surface area contributed by atoms with E-state index in [-0.39, 0.29) is 62.8 Å². The number of esters is 1. The minimum Gasteiger partial charge on any atom is -0.665 e. The monoisotopic (exact) mass is 447 g/mol. The minimum absolute atomic E-state index is 0. The van der Waals surface area contributed by atoms with Crippen molar-refractivity contribution in [1.29, 1.82) is 0 Å². The van der Waals surface area contributed by atoms with Crippen LogP contribution in [0.2, 0.25) is 0 Å². The molecule has 0 aromatic heterocycles. The van der Waals surface area contributed by atoms with Gasteiger partial charge in [0, 0.05) is 44.1 Å². The van der Waals surface area contributed by atoms with E-state index in [2.05, 4.69) is 6.58 Å². The molecule has 1 unspecified atom stereocenters. The SMILES string of the molecule is C=CCOC(=O)C([NH-])Cc1ccc(O)cc1.[Ac]. The van der Waals surface area contributed by atoms with Crippen LogP contribution in [0.4, 0.5) is 0 Å². The summed E-state index contributed by atoms with van der Waals surface area (Å²) in [5.74, 6) is -0.396. The fourth-order valence-corrected chi connectivity index (χ4v) is 1.19. The average Bonchev–Trinajstić information content (AvgIpc) is 2.29. The van der Waals surface area contributed by atoms with Crippen LogP contribution in [0.25, 0.3) is 5.73 Å². The molecule has 0 heterocycles. The van der Waals surface area contributed by atoms with Crippen LogP contribution in [0.3, 0.4) is 0 Å². The van der Waals surface area contributed by atoms with Crippen molar-refractivity contribution >= 4 is 5.97 Å². The second kappa shape index (κ2) is 8.68. The summed E-state index contributed by atoms with van der Waals surface area (Å²) in [6.45, 7) is 3.55. The third-order valence-corrected chi connectivity index (χ3v) is 2.00. The molecule has 4 nitrogen and oxygen atoms in total. The molecule has 0 bridgehead atoms. The number of hydrogen-bond acceptors (Lipinski definition) is 3. The van der Waals surface area contributed by atoms with E-state index in [4.69, 9.17) is 15.6 Å². The molecule has 0 amide bonds. The number of aromatic hydroxyl groups is 1. The van der Waals surface area contributed by atoms with Crippen LogP contribution in [0.1, 0.15) is 5.56 Å². The molecule has 0 aliphatic rings. The molecule has 1 radical (unpaired) electrons. The van der Waals surface area contributed by atoms with E-state index >= 15 is 0 Å². The van der Waals surface area contributed by atoms with Gasteiger partial charge in [0.15, 0.2) is 0 Å². The van der Waals surface area contributed by atoms with E-state index in [1.165, 1.54) is 18.2 Å². The molecule has 0 saturated heterocycles. The van der Waals surface area contributed by atoms with Crippen LogP contribution in [-0.4, -0.2) is 23.7 Å². The second-order valence-electron chi connectivity index (χ2n) is 3.34. The van der Waals surface area contributed by atoms with Crippen LogP contribution in [0, 0.1) is 44.1 Å². The maximum atomic E-state index is 11.3. The standard InChI is InChI=1S/C12H14NO3.Ac/c1-2-7-16-12(15)11(13)8-9-3-5-10(14)6-4-9;/h2-6,11,13-14H,1,7-8H2;/q-1;. The van der Waals surface area contributed by atoms with E-state index in [1.807, 2.05) is 0 Å². The normalized spacial score (nSPS) is 11.1. The van der Waals surface area contributed by atoms with Crippen molar-refractivity contribution in [2.24, 2.45) is 0 Å². The van der Waals surface area contributed by atoms with Gasteiger partial charge < -0.3 is 15.6 Å². The molecule has 1 aromatic carbocycles. The van der Waals surface area contributed by atoms with Crippen molar-refractivity contribution in [1.82, 2.24) is 0 Å². The van der Waals surface area contributed by atoms with Crippen molar-refractivity contribution in [3.05, 3.63) is 48.2 Å². The van der Waals surface area contributed by atoms with Gasteiger partial charge in [-0.3, -0.25) is 4.79 Å². The molecule has 1 rings (SSSR count). The molecule has 1 atom stereocenters. The molecule has 0 fully saturated rings. The van der Waals surface area contributed by atoms with Crippen molar-refractivity contribution in [2.75, 3.05) is 6.61 Å². The quantitative estimate of drug-likeness (QED) is 0.555. The Kier molecular flexibility index (Phi) is 8.49. The summed E-state index contributed by atoms with van der Waals surface area (Å²) >= 11 is 0. The maximum absolute atomic E-state index is 11.3. The number of carbonyl (C=O) groups excluding carboxylic acids is 1. The molecular formula is C12H14AcNO3-. The van der Waals surface area contributed by atoms with Crippen LogP contribution in [0.15, 0.2) is 36.9 Å². The smallest absolute Gasteiger partial charge is 0.288 e. The van der Waals surface area contributed by atoms with E-state index in [1.54, 1.807) is 12.1 Å². The molecular weight excluding hydrogens is 433 g/mol. The van der Waals surface area contributed by atoms with E-state index in [0.717, 1.165) is 5.56 Å². The van der Waals surface area contributed by atoms with Crippen LogP contribution >= 0.6 is 0 Å².